The molecule has 2 aromatic heterocycles. The van der Waals surface area contributed by atoms with Crippen LogP contribution in [0.5, 0.6) is 0 Å². The summed E-state index contributed by atoms with van der Waals surface area (Å²) in [4.78, 5) is 4.27. The summed E-state index contributed by atoms with van der Waals surface area (Å²) >= 11 is 1.59. The summed E-state index contributed by atoms with van der Waals surface area (Å²) in [6.07, 6.45) is 0. The molecule has 0 saturated heterocycles. The Morgan fingerprint density at radius 1 is 1.62 bits per heavy atom. The summed E-state index contributed by atoms with van der Waals surface area (Å²) in [5, 5.41) is 6.74. The predicted octanol–water partition coefficient (Wildman–Crippen LogP) is 1.57. The fraction of sp³-hybridized carbons (Fsp3) is 0.250. The number of aryl methyl sites for hydroxylation is 1. The predicted molar refractivity (Wildman–Crippen MR) is 50.2 cm³/mol. The van der Waals surface area contributed by atoms with Crippen LogP contribution < -0.4 is 5.73 Å². The fourth-order valence-corrected chi connectivity index (χ4v) is 1.61. The molecule has 2 heterocycles. The van der Waals surface area contributed by atoms with Gasteiger partial charge in [-0.3, -0.25) is 0 Å². The maximum Gasteiger partial charge on any atom is 0.186 e. The topological polar surface area (TPSA) is 64.9 Å². The van der Waals surface area contributed by atoms with E-state index in [-0.39, 0.29) is 0 Å². The van der Waals surface area contributed by atoms with Crippen LogP contribution in [-0.4, -0.2) is 10.1 Å². The third-order valence-electron chi connectivity index (χ3n) is 1.64. The largest absolute Gasteiger partial charge is 0.354 e. The Hall–Kier alpha value is -1.20. The van der Waals surface area contributed by atoms with Crippen LogP contribution in [0.2, 0.25) is 0 Å². The van der Waals surface area contributed by atoms with Gasteiger partial charge in [-0.2, -0.15) is 0 Å². The molecule has 2 rings (SSSR count). The lowest BCUT2D eigenvalue weighted by Gasteiger charge is -1.83. The highest BCUT2D eigenvalue weighted by atomic mass is 32.1. The van der Waals surface area contributed by atoms with E-state index in [1.165, 1.54) is 0 Å². The molecule has 13 heavy (non-hydrogen) atoms. The molecule has 0 spiro atoms. The molecule has 0 aliphatic heterocycles. The normalized spacial score (nSPS) is 10.6. The second-order valence-electron chi connectivity index (χ2n) is 2.64. The van der Waals surface area contributed by atoms with Crippen molar-refractivity contribution in [2.45, 2.75) is 13.5 Å². The van der Waals surface area contributed by atoms with Crippen molar-refractivity contribution in [2.75, 3.05) is 0 Å². The van der Waals surface area contributed by atoms with E-state index in [9.17, 15) is 0 Å². The minimum atomic E-state index is 0.395. The lowest BCUT2D eigenvalue weighted by Crippen LogP contribution is -1.94. The van der Waals surface area contributed by atoms with Crippen LogP contribution in [0.4, 0.5) is 0 Å². The van der Waals surface area contributed by atoms with Gasteiger partial charge in [0.15, 0.2) is 5.76 Å². The van der Waals surface area contributed by atoms with Crippen molar-refractivity contribution in [1.82, 2.24) is 10.1 Å². The molecular weight excluding hydrogens is 186 g/mol. The van der Waals surface area contributed by atoms with E-state index >= 15 is 0 Å². The first-order valence-electron chi connectivity index (χ1n) is 3.88. The van der Waals surface area contributed by atoms with E-state index in [0.29, 0.717) is 12.3 Å². The van der Waals surface area contributed by atoms with Gasteiger partial charge in [-0.25, -0.2) is 4.98 Å². The lowest BCUT2D eigenvalue weighted by atomic mass is 10.3. The van der Waals surface area contributed by atoms with Gasteiger partial charge >= 0.3 is 0 Å². The molecule has 68 valence electrons. The van der Waals surface area contributed by atoms with E-state index in [4.69, 9.17) is 10.3 Å². The van der Waals surface area contributed by atoms with Crippen molar-refractivity contribution in [2.24, 2.45) is 5.73 Å². The van der Waals surface area contributed by atoms with Gasteiger partial charge in [0.2, 0.25) is 0 Å². The van der Waals surface area contributed by atoms with Gasteiger partial charge in [-0.15, -0.1) is 11.3 Å². The van der Waals surface area contributed by atoms with Gasteiger partial charge in [-0.1, -0.05) is 5.16 Å². The van der Waals surface area contributed by atoms with Crippen LogP contribution in [0, 0.1) is 6.92 Å². The van der Waals surface area contributed by atoms with Gasteiger partial charge < -0.3 is 10.3 Å². The first-order valence-corrected chi connectivity index (χ1v) is 4.75. The van der Waals surface area contributed by atoms with Crippen LogP contribution in [0.15, 0.2) is 16.0 Å². The molecule has 2 N–H and O–H groups in total. The standard InChI is InChI=1S/C8H9N3OS/c1-5-10-7(4-13-5)8-2-6(3-9)11-12-8/h2,4H,3,9H2,1H3. The third-order valence-corrected chi connectivity index (χ3v) is 2.41. The highest BCUT2D eigenvalue weighted by molar-refractivity contribution is 7.09. The molecule has 5 heteroatoms. The molecule has 0 bridgehead atoms. The van der Waals surface area contributed by atoms with Gasteiger partial charge in [0.1, 0.15) is 5.69 Å². The number of nitrogens with zero attached hydrogens (tertiary/aromatic N) is 2. The van der Waals surface area contributed by atoms with E-state index in [0.717, 1.165) is 16.4 Å². The molecule has 4 nitrogen and oxygen atoms in total. The van der Waals surface area contributed by atoms with Crippen molar-refractivity contribution in [3.8, 4) is 11.5 Å². The molecule has 0 unspecified atom stereocenters. The summed E-state index contributed by atoms with van der Waals surface area (Å²) in [5.74, 6) is 0.685. The van der Waals surface area contributed by atoms with Crippen LogP contribution in [0.25, 0.3) is 11.5 Å². The van der Waals surface area contributed by atoms with Crippen LogP contribution in [0.1, 0.15) is 10.7 Å². The van der Waals surface area contributed by atoms with E-state index in [1.807, 2.05) is 18.4 Å². The lowest BCUT2D eigenvalue weighted by molar-refractivity contribution is 0.423. The fourth-order valence-electron chi connectivity index (χ4n) is 1.01. The summed E-state index contributed by atoms with van der Waals surface area (Å²) in [7, 11) is 0. The zero-order valence-electron chi connectivity index (χ0n) is 7.15. The number of nitrogens with two attached hydrogens (primary N) is 1. The first-order chi connectivity index (χ1) is 6.29. The minimum Gasteiger partial charge on any atom is -0.354 e. The number of rotatable bonds is 2. The second kappa shape index (κ2) is 3.27. The molecular formula is C8H9N3OS. The Bertz CT molecular complexity index is 407. The molecule has 0 fully saturated rings. The Morgan fingerprint density at radius 3 is 3.00 bits per heavy atom. The van der Waals surface area contributed by atoms with Gasteiger partial charge in [0, 0.05) is 18.0 Å². The van der Waals surface area contributed by atoms with Gasteiger partial charge in [0.05, 0.1) is 10.7 Å². The Labute approximate surface area is 79.4 Å². The number of thiazole rings is 1. The van der Waals surface area contributed by atoms with Crippen molar-refractivity contribution in [3.05, 3.63) is 22.1 Å². The van der Waals surface area contributed by atoms with Crippen LogP contribution >= 0.6 is 11.3 Å². The molecule has 0 aliphatic carbocycles. The van der Waals surface area contributed by atoms with E-state index in [1.54, 1.807) is 11.3 Å². The molecule has 0 amide bonds. The third kappa shape index (κ3) is 1.61. The zero-order chi connectivity index (χ0) is 9.26. The maximum absolute atomic E-state index is 5.41. The monoisotopic (exact) mass is 195 g/mol. The smallest absolute Gasteiger partial charge is 0.186 e. The first kappa shape index (κ1) is 8.40. The number of aromatic nitrogens is 2. The molecule has 0 saturated carbocycles. The van der Waals surface area contributed by atoms with Crippen LogP contribution in [0.3, 0.4) is 0 Å². The van der Waals surface area contributed by atoms with Crippen molar-refractivity contribution >= 4 is 11.3 Å². The number of hydrogen-bond acceptors (Lipinski definition) is 5. The quantitative estimate of drug-likeness (QED) is 0.789. The number of hydrogen-bond donors (Lipinski definition) is 1. The maximum atomic E-state index is 5.41. The Morgan fingerprint density at radius 2 is 2.46 bits per heavy atom. The molecule has 0 atom stereocenters. The van der Waals surface area contributed by atoms with Gasteiger partial charge in [0.25, 0.3) is 0 Å². The minimum absolute atomic E-state index is 0.395. The highest BCUT2D eigenvalue weighted by Crippen LogP contribution is 2.21. The van der Waals surface area contributed by atoms with Crippen molar-refractivity contribution < 1.29 is 4.52 Å². The second-order valence-corrected chi connectivity index (χ2v) is 3.70. The summed E-state index contributed by atoms with van der Waals surface area (Å²) in [6, 6.07) is 1.81. The Balaban J connectivity index is 2.35. The summed E-state index contributed by atoms with van der Waals surface area (Å²) in [6.45, 7) is 2.35. The molecule has 0 aromatic carbocycles. The molecule has 2 aromatic rings. The van der Waals surface area contributed by atoms with Gasteiger partial charge in [-0.05, 0) is 6.92 Å². The average molecular weight is 195 g/mol. The molecule has 0 radical (unpaired) electrons. The SMILES string of the molecule is Cc1nc(-c2cc(CN)no2)cs1. The summed E-state index contributed by atoms with van der Waals surface area (Å²) < 4.78 is 5.07. The average Bonchev–Trinajstić information content (AvgIpc) is 2.71. The Kier molecular flexibility index (Phi) is 2.12. The van der Waals surface area contributed by atoms with Crippen LogP contribution in [-0.2, 0) is 6.54 Å². The van der Waals surface area contributed by atoms with E-state index in [2.05, 4.69) is 10.1 Å². The van der Waals surface area contributed by atoms with Crippen molar-refractivity contribution in [1.29, 1.82) is 0 Å². The zero-order valence-corrected chi connectivity index (χ0v) is 7.97. The molecule has 0 aliphatic rings. The van der Waals surface area contributed by atoms with E-state index < -0.39 is 0 Å². The van der Waals surface area contributed by atoms with Crippen molar-refractivity contribution in [3.63, 3.8) is 0 Å². The highest BCUT2D eigenvalue weighted by Gasteiger charge is 2.08. The summed E-state index contributed by atoms with van der Waals surface area (Å²) in [5.41, 5.74) is 6.99.